The molecule has 0 aliphatic carbocycles. The van der Waals surface area contributed by atoms with E-state index in [0.29, 0.717) is 31.8 Å². The van der Waals surface area contributed by atoms with Crippen molar-refractivity contribution < 1.29 is 38.6 Å². The van der Waals surface area contributed by atoms with E-state index in [4.69, 9.17) is 28.4 Å². The van der Waals surface area contributed by atoms with Crippen LogP contribution in [0.2, 0.25) is 0 Å². The summed E-state index contributed by atoms with van der Waals surface area (Å²) in [6.07, 6.45) is 9.69. The van der Waals surface area contributed by atoms with Crippen molar-refractivity contribution in [2.24, 2.45) is 0 Å². The molecule has 5 aliphatic rings. The van der Waals surface area contributed by atoms with Crippen LogP contribution in [0, 0.1) is 0 Å². The Morgan fingerprint density at radius 3 is 2.00 bits per heavy atom. The van der Waals surface area contributed by atoms with Gasteiger partial charge in [-0.05, 0) is 121 Å². The zero-order valence-electron chi connectivity index (χ0n) is 27.1. The third-order valence-corrected chi connectivity index (χ3v) is 10.7. The second kappa shape index (κ2) is 10.2. The Kier molecular flexibility index (Phi) is 7.94. The molecule has 236 valence electrons. The van der Waals surface area contributed by atoms with Crippen LogP contribution < -0.4 is 0 Å². The van der Waals surface area contributed by atoms with E-state index in [1.54, 1.807) is 0 Å². The number of aliphatic hydroxyl groups is 2. The molecule has 2 N–H and O–H groups in total. The molecule has 0 radical (unpaired) electrons. The van der Waals surface area contributed by atoms with Gasteiger partial charge in [0.1, 0.15) is 12.2 Å². The lowest BCUT2D eigenvalue weighted by Gasteiger charge is -2.35. The molecule has 5 rings (SSSR count). The molecule has 5 saturated heterocycles. The molecule has 0 saturated carbocycles. The van der Waals surface area contributed by atoms with Gasteiger partial charge < -0.3 is 38.6 Å². The van der Waals surface area contributed by atoms with Crippen molar-refractivity contribution in [3.8, 4) is 0 Å². The van der Waals surface area contributed by atoms with Gasteiger partial charge in [0.05, 0.1) is 58.0 Å². The molecule has 0 aromatic rings. The minimum Gasteiger partial charge on any atom is -0.387 e. The van der Waals surface area contributed by atoms with Crippen molar-refractivity contribution in [3.63, 3.8) is 0 Å². The zero-order chi connectivity index (χ0) is 30.3. The van der Waals surface area contributed by atoms with Gasteiger partial charge in [-0.15, -0.1) is 0 Å². The minimum absolute atomic E-state index is 0.0204. The maximum absolute atomic E-state index is 11.4. The van der Waals surface area contributed by atoms with Crippen molar-refractivity contribution in [3.05, 3.63) is 12.2 Å². The molecule has 8 heteroatoms. The van der Waals surface area contributed by atoms with Gasteiger partial charge in [0.25, 0.3) is 0 Å². The van der Waals surface area contributed by atoms with Crippen LogP contribution in [0.5, 0.6) is 0 Å². The highest BCUT2D eigenvalue weighted by molar-refractivity contribution is 5.15. The first-order chi connectivity index (χ1) is 18.7. The van der Waals surface area contributed by atoms with Gasteiger partial charge >= 0.3 is 0 Å². The van der Waals surface area contributed by atoms with E-state index in [1.165, 1.54) is 0 Å². The molecule has 5 heterocycles. The monoisotopic (exact) mass is 580 g/mol. The number of rotatable bonds is 13. The number of epoxide rings is 3. The molecule has 0 aromatic carbocycles. The Morgan fingerprint density at radius 1 is 0.780 bits per heavy atom. The summed E-state index contributed by atoms with van der Waals surface area (Å²) in [5, 5.41) is 22.5. The zero-order valence-corrected chi connectivity index (χ0v) is 27.1. The van der Waals surface area contributed by atoms with Crippen LogP contribution in [0.4, 0.5) is 0 Å². The highest BCUT2D eigenvalue weighted by Crippen LogP contribution is 2.50. The van der Waals surface area contributed by atoms with E-state index in [1.807, 2.05) is 53.7 Å². The molecule has 0 aromatic heterocycles. The van der Waals surface area contributed by atoms with Gasteiger partial charge in [0.15, 0.2) is 5.79 Å². The number of hydrogen-bond donors (Lipinski definition) is 2. The van der Waals surface area contributed by atoms with E-state index >= 15 is 0 Å². The van der Waals surface area contributed by atoms with Gasteiger partial charge in [-0.1, -0.05) is 12.2 Å². The highest BCUT2D eigenvalue weighted by atomic mass is 16.8. The molecular weight excluding hydrogens is 524 g/mol. The normalized spacial score (nSPS) is 46.0. The Labute approximate surface area is 247 Å². The minimum atomic E-state index is -1.03. The first kappa shape index (κ1) is 31.8. The first-order valence-corrected chi connectivity index (χ1v) is 15.9. The highest BCUT2D eigenvalue weighted by Gasteiger charge is 2.58. The lowest BCUT2D eigenvalue weighted by molar-refractivity contribution is -0.162. The molecule has 0 spiro atoms. The topological polar surface area (TPSA) is 106 Å². The van der Waals surface area contributed by atoms with Crippen LogP contribution in [0.3, 0.4) is 0 Å². The van der Waals surface area contributed by atoms with E-state index in [-0.39, 0.29) is 41.2 Å². The van der Waals surface area contributed by atoms with E-state index < -0.39 is 28.7 Å². The summed E-state index contributed by atoms with van der Waals surface area (Å²) in [7, 11) is 0. The Morgan fingerprint density at radius 2 is 1.39 bits per heavy atom. The summed E-state index contributed by atoms with van der Waals surface area (Å²) in [5.41, 5.74) is -2.43. The average Bonchev–Trinajstić information content (AvgIpc) is 3.74. The quantitative estimate of drug-likeness (QED) is 0.222. The summed E-state index contributed by atoms with van der Waals surface area (Å²) < 4.78 is 36.3. The van der Waals surface area contributed by atoms with Crippen molar-refractivity contribution in [2.45, 2.75) is 197 Å². The van der Waals surface area contributed by atoms with Crippen LogP contribution >= 0.6 is 0 Å². The third-order valence-electron chi connectivity index (χ3n) is 10.7. The van der Waals surface area contributed by atoms with Gasteiger partial charge in [0.2, 0.25) is 0 Å². The lowest BCUT2D eigenvalue weighted by atomic mass is 9.86. The van der Waals surface area contributed by atoms with E-state index in [2.05, 4.69) is 27.7 Å². The van der Waals surface area contributed by atoms with Crippen LogP contribution in [0.1, 0.15) is 121 Å². The Balaban J connectivity index is 1.04. The van der Waals surface area contributed by atoms with Gasteiger partial charge in [0, 0.05) is 0 Å². The largest absolute Gasteiger partial charge is 0.387 e. The van der Waals surface area contributed by atoms with Crippen LogP contribution in [0.15, 0.2) is 12.2 Å². The molecule has 10 atom stereocenters. The summed E-state index contributed by atoms with van der Waals surface area (Å²) in [5.74, 6) is -0.629. The smallest absolute Gasteiger partial charge is 0.164 e. The Hall–Kier alpha value is -0.580. The van der Waals surface area contributed by atoms with Crippen LogP contribution in [-0.4, -0.2) is 86.2 Å². The number of aliphatic hydroxyl groups excluding tert-OH is 1. The van der Waals surface area contributed by atoms with Gasteiger partial charge in [-0.3, -0.25) is 0 Å². The van der Waals surface area contributed by atoms with E-state index in [9.17, 15) is 10.2 Å². The molecule has 5 fully saturated rings. The predicted octanol–water partition coefficient (Wildman–Crippen LogP) is 5.36. The maximum atomic E-state index is 11.4. The Bertz CT molecular complexity index is 1010. The fourth-order valence-electron chi connectivity index (χ4n) is 7.27. The molecule has 0 unspecified atom stereocenters. The fraction of sp³-hybridized carbons (Fsp3) is 0.939. The van der Waals surface area contributed by atoms with Crippen molar-refractivity contribution in [2.75, 3.05) is 0 Å². The first-order valence-electron chi connectivity index (χ1n) is 15.9. The second-order valence-corrected chi connectivity index (χ2v) is 16.0. The van der Waals surface area contributed by atoms with E-state index in [0.717, 1.165) is 25.7 Å². The van der Waals surface area contributed by atoms with Crippen molar-refractivity contribution in [1.29, 1.82) is 0 Å². The fourth-order valence-corrected chi connectivity index (χ4v) is 7.27. The van der Waals surface area contributed by atoms with Crippen LogP contribution in [0.25, 0.3) is 0 Å². The molecule has 5 aliphatic heterocycles. The summed E-state index contributed by atoms with van der Waals surface area (Å²) in [6, 6.07) is 0. The molecule has 0 bridgehead atoms. The van der Waals surface area contributed by atoms with Crippen LogP contribution in [-0.2, 0) is 28.4 Å². The molecular formula is C33H56O8. The average molecular weight is 581 g/mol. The SMILES string of the molecule is CC1(C)O[C@H](CC[C@](C)(O)[C@H]2CC[C@@](C)([C@H](O)/C=C/[C@H]3O[C@]3(C)CC[C@H]3O[C@]3(C)CC[C@H]3OC3(C)C)O2)C(C)(C)O1. The van der Waals surface area contributed by atoms with Gasteiger partial charge in [-0.25, -0.2) is 0 Å². The summed E-state index contributed by atoms with van der Waals surface area (Å²) in [6.45, 7) is 20.3. The predicted molar refractivity (Wildman–Crippen MR) is 156 cm³/mol. The second-order valence-electron chi connectivity index (χ2n) is 16.0. The third kappa shape index (κ3) is 6.90. The molecule has 41 heavy (non-hydrogen) atoms. The van der Waals surface area contributed by atoms with Gasteiger partial charge in [-0.2, -0.15) is 0 Å². The number of ether oxygens (including phenoxy) is 6. The molecule has 8 nitrogen and oxygen atoms in total. The summed E-state index contributed by atoms with van der Waals surface area (Å²) >= 11 is 0. The lowest BCUT2D eigenvalue weighted by Crippen LogP contribution is -2.45. The molecule has 0 amide bonds. The number of hydrogen-bond acceptors (Lipinski definition) is 8. The standard InChI is InChI=1S/C33H56O8/c1-27(2)22(36-27)14-19-33(10)26(40-33)16-20-32(9)25(39-32)12-11-21(34)31(8)18-15-24(38-31)30(7,35)17-13-23-28(3,4)41-29(5,6)37-23/h11-12,21-26,34-35H,13-20H2,1-10H3/b12-11+/t21-,22-,23-,24-,25-,26-,30+,31+,32-,33-/m1/s1. The van der Waals surface area contributed by atoms with Crippen molar-refractivity contribution >= 4 is 0 Å². The van der Waals surface area contributed by atoms with Crippen molar-refractivity contribution in [1.82, 2.24) is 0 Å². The summed E-state index contributed by atoms with van der Waals surface area (Å²) in [4.78, 5) is 0. The maximum Gasteiger partial charge on any atom is 0.164 e.